The topological polar surface area (TPSA) is 23.5 Å². The Morgan fingerprint density at radius 3 is 2.60 bits per heavy atom. The molecular formula is C18H21NO. The van der Waals surface area contributed by atoms with Gasteiger partial charge in [-0.05, 0) is 48.6 Å². The third-order valence-electron chi connectivity index (χ3n) is 4.19. The third-order valence-corrected chi connectivity index (χ3v) is 4.19. The smallest absolute Gasteiger partial charge is 0.115 e. The molecule has 1 atom stereocenters. The number of phenols is 1. The molecule has 2 heteroatoms. The van der Waals surface area contributed by atoms with E-state index in [-0.39, 0.29) is 0 Å². The lowest BCUT2D eigenvalue weighted by Crippen LogP contribution is -2.33. The van der Waals surface area contributed by atoms with Gasteiger partial charge in [-0.3, -0.25) is 0 Å². The predicted octanol–water partition coefficient (Wildman–Crippen LogP) is 4.30. The van der Waals surface area contributed by atoms with Crippen molar-refractivity contribution in [3.63, 3.8) is 0 Å². The maximum atomic E-state index is 9.47. The molecule has 20 heavy (non-hydrogen) atoms. The quantitative estimate of drug-likeness (QED) is 0.896. The van der Waals surface area contributed by atoms with Gasteiger partial charge >= 0.3 is 0 Å². The van der Waals surface area contributed by atoms with Gasteiger partial charge in [0.15, 0.2) is 0 Å². The summed E-state index contributed by atoms with van der Waals surface area (Å²) in [7, 11) is 0. The van der Waals surface area contributed by atoms with Crippen molar-refractivity contribution in [3.05, 3.63) is 59.7 Å². The molecule has 2 nitrogen and oxygen atoms in total. The minimum absolute atomic E-state index is 0.336. The minimum atomic E-state index is 0.336. The number of benzene rings is 2. The fourth-order valence-corrected chi connectivity index (χ4v) is 3.22. The van der Waals surface area contributed by atoms with Crippen molar-refractivity contribution >= 4 is 5.69 Å². The van der Waals surface area contributed by atoms with E-state index < -0.39 is 0 Å². The van der Waals surface area contributed by atoms with Gasteiger partial charge in [0, 0.05) is 12.2 Å². The van der Waals surface area contributed by atoms with Crippen molar-refractivity contribution in [3.8, 4) is 5.75 Å². The number of hydrogen-bond acceptors (Lipinski definition) is 2. The van der Waals surface area contributed by atoms with Gasteiger partial charge in [0.05, 0.1) is 6.04 Å². The second kappa shape index (κ2) is 5.58. The van der Waals surface area contributed by atoms with Crippen LogP contribution in [-0.2, 0) is 6.42 Å². The highest BCUT2D eigenvalue weighted by molar-refractivity contribution is 5.57. The summed E-state index contributed by atoms with van der Waals surface area (Å²) in [5, 5.41) is 9.47. The Balaban J connectivity index is 1.96. The van der Waals surface area contributed by atoms with Gasteiger partial charge in [0.1, 0.15) is 5.75 Å². The fourth-order valence-electron chi connectivity index (χ4n) is 3.22. The molecule has 0 aliphatic carbocycles. The molecule has 1 heterocycles. The Labute approximate surface area is 120 Å². The lowest BCUT2D eigenvalue weighted by molar-refractivity contribution is 0.474. The van der Waals surface area contributed by atoms with Crippen molar-refractivity contribution in [2.24, 2.45) is 0 Å². The van der Waals surface area contributed by atoms with E-state index in [2.05, 4.69) is 36.1 Å². The third kappa shape index (κ3) is 2.38. The average molecular weight is 267 g/mol. The van der Waals surface area contributed by atoms with Gasteiger partial charge in [-0.1, -0.05) is 37.3 Å². The van der Waals surface area contributed by atoms with E-state index in [4.69, 9.17) is 0 Å². The summed E-state index contributed by atoms with van der Waals surface area (Å²) in [5.41, 5.74) is 4.11. The minimum Gasteiger partial charge on any atom is -0.508 e. The van der Waals surface area contributed by atoms with E-state index in [1.165, 1.54) is 29.7 Å². The molecule has 0 radical (unpaired) electrons. The van der Waals surface area contributed by atoms with E-state index in [1.54, 1.807) is 12.1 Å². The monoisotopic (exact) mass is 267 g/mol. The van der Waals surface area contributed by atoms with Gasteiger partial charge in [0.25, 0.3) is 0 Å². The van der Waals surface area contributed by atoms with Crippen LogP contribution < -0.4 is 4.90 Å². The molecular weight excluding hydrogens is 246 g/mol. The maximum Gasteiger partial charge on any atom is 0.115 e. The molecule has 0 saturated heterocycles. The number of para-hydroxylation sites is 1. The largest absolute Gasteiger partial charge is 0.508 e. The van der Waals surface area contributed by atoms with E-state index in [0.29, 0.717) is 11.8 Å². The first-order valence-electron chi connectivity index (χ1n) is 7.43. The molecule has 2 aromatic rings. The number of rotatable bonds is 3. The second-order valence-electron chi connectivity index (χ2n) is 5.44. The zero-order chi connectivity index (χ0) is 13.9. The molecule has 2 aromatic carbocycles. The van der Waals surface area contributed by atoms with Gasteiger partial charge in [-0.15, -0.1) is 0 Å². The highest BCUT2D eigenvalue weighted by atomic mass is 16.3. The summed E-state index contributed by atoms with van der Waals surface area (Å²) >= 11 is 0. The summed E-state index contributed by atoms with van der Waals surface area (Å²) in [5.74, 6) is 0.336. The highest BCUT2D eigenvalue weighted by Gasteiger charge is 2.23. The Bertz CT molecular complexity index is 576. The summed E-state index contributed by atoms with van der Waals surface area (Å²) in [4.78, 5) is 2.52. The van der Waals surface area contributed by atoms with Gasteiger partial charge in [-0.25, -0.2) is 0 Å². The van der Waals surface area contributed by atoms with Gasteiger partial charge < -0.3 is 10.0 Å². The van der Waals surface area contributed by atoms with Crippen LogP contribution in [0.2, 0.25) is 0 Å². The molecule has 0 fully saturated rings. The number of hydrogen-bond donors (Lipinski definition) is 1. The standard InChI is InChI=1S/C18H21NO/c1-2-17(15-9-11-16(20)12-10-15)19-13-5-7-14-6-3-4-8-18(14)19/h3-4,6,8-12,17,20H,2,5,7,13H2,1H3. The first-order chi connectivity index (χ1) is 9.79. The number of phenolic OH excluding ortho intramolecular Hbond substituents is 1. The van der Waals surface area contributed by atoms with Crippen molar-refractivity contribution in [1.82, 2.24) is 0 Å². The van der Waals surface area contributed by atoms with Crippen LogP contribution in [0.25, 0.3) is 0 Å². The molecule has 1 aliphatic rings. The molecule has 0 saturated carbocycles. The molecule has 1 unspecified atom stereocenters. The van der Waals surface area contributed by atoms with E-state index in [1.807, 2.05) is 12.1 Å². The van der Waals surface area contributed by atoms with Crippen LogP contribution in [0.5, 0.6) is 5.75 Å². The Morgan fingerprint density at radius 1 is 1.10 bits per heavy atom. The van der Waals surface area contributed by atoms with E-state index in [0.717, 1.165) is 13.0 Å². The van der Waals surface area contributed by atoms with Crippen LogP contribution in [0.3, 0.4) is 0 Å². The number of nitrogens with zero attached hydrogens (tertiary/aromatic N) is 1. The number of aromatic hydroxyl groups is 1. The highest BCUT2D eigenvalue weighted by Crippen LogP contribution is 2.35. The zero-order valence-corrected chi connectivity index (χ0v) is 11.9. The second-order valence-corrected chi connectivity index (χ2v) is 5.44. The summed E-state index contributed by atoms with van der Waals surface area (Å²) in [6, 6.07) is 16.8. The number of aryl methyl sites for hydroxylation is 1. The maximum absolute atomic E-state index is 9.47. The van der Waals surface area contributed by atoms with Crippen LogP contribution in [0.1, 0.15) is 36.9 Å². The molecule has 0 aromatic heterocycles. The van der Waals surface area contributed by atoms with Crippen LogP contribution in [0.4, 0.5) is 5.69 Å². The summed E-state index contributed by atoms with van der Waals surface area (Å²) < 4.78 is 0. The van der Waals surface area contributed by atoms with Gasteiger partial charge in [0.2, 0.25) is 0 Å². The Hall–Kier alpha value is -1.96. The molecule has 0 spiro atoms. The SMILES string of the molecule is CCC(c1ccc(O)cc1)N1CCCc2ccccc21. The summed E-state index contributed by atoms with van der Waals surface area (Å²) in [6.07, 6.45) is 3.46. The molecule has 1 N–H and O–H groups in total. The number of fused-ring (bicyclic) bond motifs is 1. The van der Waals surface area contributed by atoms with Crippen molar-refractivity contribution in [1.29, 1.82) is 0 Å². The predicted molar refractivity (Wildman–Crippen MR) is 83.2 cm³/mol. The van der Waals surface area contributed by atoms with E-state index in [9.17, 15) is 5.11 Å². The van der Waals surface area contributed by atoms with Crippen molar-refractivity contribution in [2.75, 3.05) is 11.4 Å². The average Bonchev–Trinajstić information content (AvgIpc) is 2.50. The number of anilines is 1. The molecule has 0 amide bonds. The molecule has 0 bridgehead atoms. The molecule has 3 rings (SSSR count). The normalized spacial score (nSPS) is 15.8. The van der Waals surface area contributed by atoms with Gasteiger partial charge in [-0.2, -0.15) is 0 Å². The zero-order valence-electron chi connectivity index (χ0n) is 11.9. The summed E-state index contributed by atoms with van der Waals surface area (Å²) in [6.45, 7) is 3.34. The lowest BCUT2D eigenvalue weighted by atomic mass is 9.96. The van der Waals surface area contributed by atoms with Crippen LogP contribution >= 0.6 is 0 Å². The Morgan fingerprint density at radius 2 is 1.85 bits per heavy atom. The Kier molecular flexibility index (Phi) is 3.64. The first kappa shape index (κ1) is 13.0. The van der Waals surface area contributed by atoms with Crippen molar-refractivity contribution < 1.29 is 5.11 Å². The molecule has 1 aliphatic heterocycles. The lowest BCUT2D eigenvalue weighted by Gasteiger charge is -2.38. The first-order valence-corrected chi connectivity index (χ1v) is 7.43. The van der Waals surface area contributed by atoms with Crippen molar-refractivity contribution in [2.45, 2.75) is 32.2 Å². The molecule has 104 valence electrons. The van der Waals surface area contributed by atoms with Crippen LogP contribution in [0.15, 0.2) is 48.5 Å². The van der Waals surface area contributed by atoms with E-state index >= 15 is 0 Å². The van der Waals surface area contributed by atoms with Crippen LogP contribution in [-0.4, -0.2) is 11.7 Å². The van der Waals surface area contributed by atoms with Crippen LogP contribution in [0, 0.1) is 0 Å². The fraction of sp³-hybridized carbons (Fsp3) is 0.333.